The van der Waals surface area contributed by atoms with Crippen molar-refractivity contribution in [3.63, 3.8) is 0 Å². The Bertz CT molecular complexity index is 1980. The van der Waals surface area contributed by atoms with Gasteiger partial charge in [-0.15, -0.1) is 0 Å². The van der Waals surface area contributed by atoms with Gasteiger partial charge in [-0.2, -0.15) is 9.59 Å². The number of rotatable bonds is 5. The van der Waals surface area contributed by atoms with Crippen LogP contribution < -0.4 is 10.6 Å². The smallest absolute Gasteiger partial charge is 0.408 e. The van der Waals surface area contributed by atoms with E-state index < -0.39 is 41.9 Å². The van der Waals surface area contributed by atoms with Crippen molar-refractivity contribution in [3.8, 4) is 11.1 Å². The van der Waals surface area contributed by atoms with E-state index in [1.54, 1.807) is 0 Å². The van der Waals surface area contributed by atoms with Crippen molar-refractivity contribution in [2.24, 2.45) is 17.3 Å². The van der Waals surface area contributed by atoms with Crippen LogP contribution >= 0.6 is 0 Å². The first-order valence-corrected chi connectivity index (χ1v) is 20.6. The maximum atomic E-state index is 13.2. The van der Waals surface area contributed by atoms with Gasteiger partial charge in [0.1, 0.15) is 30.3 Å². The van der Waals surface area contributed by atoms with Crippen LogP contribution in [0.2, 0.25) is 0 Å². The molecule has 2 saturated heterocycles. The number of aliphatic carboxylic acids is 1. The van der Waals surface area contributed by atoms with Gasteiger partial charge < -0.3 is 35.0 Å². The Morgan fingerprint density at radius 2 is 1.18 bits per heavy atom. The molecule has 8 atom stereocenters. The summed E-state index contributed by atoms with van der Waals surface area (Å²) in [7, 11) is 0. The third kappa shape index (κ3) is 10.2. The average molecular weight is 827 g/mol. The summed E-state index contributed by atoms with van der Waals surface area (Å²) in [5.74, 6) is -1.82. The lowest BCUT2D eigenvalue weighted by Crippen LogP contribution is -2.55. The largest absolute Gasteiger partial charge is 0.480 e. The number of alkyl carbamates (subject to hydrolysis) is 2. The highest BCUT2D eigenvalue weighted by molar-refractivity contribution is 5.91. The fourth-order valence-corrected chi connectivity index (χ4v) is 8.97. The van der Waals surface area contributed by atoms with Gasteiger partial charge >= 0.3 is 24.3 Å². The lowest BCUT2D eigenvalue weighted by Gasteiger charge is -2.38. The second kappa shape index (κ2) is 18.7. The molecule has 3 N–H and O–H groups in total. The highest BCUT2D eigenvalue weighted by Gasteiger charge is 2.47. The Hall–Kier alpha value is -5.75. The zero-order chi connectivity index (χ0) is 44.1. The highest BCUT2D eigenvalue weighted by atomic mass is 16.6. The SMILES string of the molecule is C[C@H]1C=CC2CC[C@@H](C(=O)O)N2C(=O)[C@H]1NC(=O)OCC1c2ccccc2-c2ccccc21.C[C@H]1C=C[C@H]2CC[C@@H](C(C)(C)C)N2C(=O)[C@H]1NC(=O)OC(C)(C)C.O=C=O. The van der Waals surface area contributed by atoms with Gasteiger partial charge in [0.25, 0.3) is 0 Å². The van der Waals surface area contributed by atoms with Gasteiger partial charge in [-0.1, -0.05) is 107 Å². The van der Waals surface area contributed by atoms with Crippen molar-refractivity contribution in [1.29, 1.82) is 0 Å². The Morgan fingerprint density at radius 3 is 1.68 bits per heavy atom. The van der Waals surface area contributed by atoms with E-state index >= 15 is 0 Å². The van der Waals surface area contributed by atoms with Gasteiger partial charge in [0.15, 0.2) is 0 Å². The summed E-state index contributed by atoms with van der Waals surface area (Å²) in [4.78, 5) is 82.7. The van der Waals surface area contributed by atoms with Crippen molar-refractivity contribution < 1.29 is 48.1 Å². The van der Waals surface area contributed by atoms with Crippen LogP contribution in [0.4, 0.5) is 9.59 Å². The first-order chi connectivity index (χ1) is 28.3. The van der Waals surface area contributed by atoms with Gasteiger partial charge in [-0.3, -0.25) is 9.59 Å². The Kier molecular flexibility index (Phi) is 14.1. The lowest BCUT2D eigenvalue weighted by atomic mass is 9.84. The molecule has 4 amide bonds. The number of hydrogen-bond donors (Lipinski definition) is 3. The van der Waals surface area contributed by atoms with Crippen molar-refractivity contribution >= 4 is 36.1 Å². The van der Waals surface area contributed by atoms with E-state index in [9.17, 15) is 29.1 Å². The van der Waals surface area contributed by atoms with Crippen LogP contribution in [0.5, 0.6) is 0 Å². The number of fused-ring (bicyclic) bond motifs is 5. The number of nitrogens with zero attached hydrogens (tertiary/aromatic N) is 2. The summed E-state index contributed by atoms with van der Waals surface area (Å²) >= 11 is 0. The van der Waals surface area contributed by atoms with E-state index in [0.717, 1.165) is 35.1 Å². The van der Waals surface area contributed by atoms with E-state index in [1.165, 1.54) is 4.90 Å². The Labute approximate surface area is 351 Å². The molecular formula is C46H58N4O10. The van der Waals surface area contributed by atoms with E-state index in [-0.39, 0.29) is 65.9 Å². The second-order valence-corrected chi connectivity index (χ2v) is 18.2. The predicted molar refractivity (Wildman–Crippen MR) is 221 cm³/mol. The molecule has 2 aromatic rings. The topological polar surface area (TPSA) is 189 Å². The van der Waals surface area contributed by atoms with Gasteiger partial charge in [0, 0.05) is 23.8 Å². The molecule has 4 heterocycles. The first kappa shape index (κ1) is 45.3. The van der Waals surface area contributed by atoms with Crippen LogP contribution in [0.1, 0.15) is 98.1 Å². The molecule has 5 aliphatic rings. The molecule has 60 heavy (non-hydrogen) atoms. The first-order valence-electron chi connectivity index (χ1n) is 20.6. The van der Waals surface area contributed by atoms with Gasteiger partial charge in [0.05, 0.1) is 12.1 Å². The van der Waals surface area contributed by atoms with Crippen LogP contribution in [-0.2, 0) is 33.4 Å². The van der Waals surface area contributed by atoms with E-state index in [4.69, 9.17) is 19.1 Å². The van der Waals surface area contributed by atoms with Gasteiger partial charge in [0.2, 0.25) is 11.8 Å². The van der Waals surface area contributed by atoms with E-state index in [2.05, 4.69) is 55.7 Å². The molecule has 0 bridgehead atoms. The molecule has 0 aromatic heterocycles. The molecule has 1 aliphatic carbocycles. The van der Waals surface area contributed by atoms with Crippen molar-refractivity contribution in [2.45, 2.75) is 129 Å². The van der Waals surface area contributed by atoms with E-state index in [0.29, 0.717) is 12.8 Å². The number of carbonyl (C=O) groups excluding carboxylic acids is 6. The minimum absolute atomic E-state index is 0.000726. The molecule has 322 valence electrons. The molecule has 0 spiro atoms. The monoisotopic (exact) mass is 826 g/mol. The number of ether oxygens (including phenoxy) is 2. The quantitative estimate of drug-likeness (QED) is 0.283. The predicted octanol–water partition coefficient (Wildman–Crippen LogP) is 6.45. The standard InChI is InChI=1S/C26H26N2O5.C19H32N2O3.CO2/c1-15-10-11-16-12-13-22(25(30)31)28(16)24(29)23(15)27-26(32)33-14-21-19-8-4-2-6-17(19)18-7-3-5-9-20(18)21;1-12-8-9-13-10-11-14(18(2,3)4)21(13)16(22)15(12)20-17(23)24-19(5,6)7;2-1-3/h2-11,15-16,21-23H,12-14H2,1H3,(H,27,32)(H,30,31);8-9,12-15H,10-11H2,1-7H3,(H,20,23);/t15-,16?,22-,23-;12-,13-,14-,15-;/m00./s1. The molecule has 2 fully saturated rings. The molecular weight excluding hydrogens is 769 g/mol. The van der Waals surface area contributed by atoms with Gasteiger partial charge in [-0.25, -0.2) is 14.4 Å². The van der Waals surface area contributed by atoms with E-state index in [1.807, 2.05) is 88.1 Å². The van der Waals surface area contributed by atoms with Crippen LogP contribution in [-0.4, -0.2) is 99.5 Å². The third-order valence-corrected chi connectivity index (χ3v) is 11.8. The molecule has 0 radical (unpaired) electrons. The number of benzene rings is 2. The number of hydrogen-bond acceptors (Lipinski definition) is 9. The van der Waals surface area contributed by atoms with Gasteiger partial charge in [-0.05, 0) is 74.1 Å². The van der Waals surface area contributed by atoms with Crippen molar-refractivity contribution in [3.05, 3.63) is 84.0 Å². The summed E-state index contributed by atoms with van der Waals surface area (Å²) in [5.41, 5.74) is 3.93. The molecule has 0 saturated carbocycles. The molecule has 1 unspecified atom stereocenters. The van der Waals surface area contributed by atoms with Crippen LogP contribution in [0, 0.1) is 17.3 Å². The number of carboxylic acids is 1. The van der Waals surface area contributed by atoms with Crippen LogP contribution in [0.3, 0.4) is 0 Å². The summed E-state index contributed by atoms with van der Waals surface area (Å²) in [5, 5.41) is 15.0. The molecule has 2 aromatic carbocycles. The zero-order valence-electron chi connectivity index (χ0n) is 35.7. The number of carbonyl (C=O) groups is 5. The Morgan fingerprint density at radius 1 is 0.717 bits per heavy atom. The average Bonchev–Trinajstić information content (AvgIpc) is 3.86. The normalized spacial score (nSPS) is 26.6. The molecule has 4 aliphatic heterocycles. The number of nitrogens with one attached hydrogen (secondary N) is 2. The maximum absolute atomic E-state index is 13.2. The lowest BCUT2D eigenvalue weighted by molar-refractivity contribution is -0.191. The Balaban J connectivity index is 0.000000224. The van der Waals surface area contributed by atoms with Crippen LogP contribution in [0.25, 0.3) is 11.1 Å². The fourth-order valence-electron chi connectivity index (χ4n) is 8.97. The van der Waals surface area contributed by atoms with Crippen molar-refractivity contribution in [1.82, 2.24) is 20.4 Å². The maximum Gasteiger partial charge on any atom is 0.408 e. The molecule has 7 rings (SSSR count). The molecule has 14 nitrogen and oxygen atoms in total. The summed E-state index contributed by atoms with van der Waals surface area (Å²) < 4.78 is 10.9. The summed E-state index contributed by atoms with van der Waals surface area (Å²) in [6, 6.07) is 13.9. The summed E-state index contributed by atoms with van der Waals surface area (Å²) in [6.07, 6.45) is 9.96. The third-order valence-electron chi connectivity index (χ3n) is 11.8. The van der Waals surface area contributed by atoms with Crippen LogP contribution in [0.15, 0.2) is 72.8 Å². The highest BCUT2D eigenvalue weighted by Crippen LogP contribution is 2.44. The van der Waals surface area contributed by atoms with Crippen molar-refractivity contribution in [2.75, 3.05) is 6.61 Å². The number of amides is 4. The number of carboxylic acid groups (broad SMARTS) is 1. The fraction of sp³-hybridized carbons (Fsp3) is 0.522. The summed E-state index contributed by atoms with van der Waals surface area (Å²) in [6.45, 7) is 15.9. The minimum Gasteiger partial charge on any atom is -0.480 e. The minimum atomic E-state index is -1.02. The zero-order valence-corrected chi connectivity index (χ0v) is 35.7. The molecule has 14 heteroatoms. The second-order valence-electron chi connectivity index (χ2n) is 18.2.